The molecule has 0 aromatic carbocycles. The fourth-order valence-corrected chi connectivity index (χ4v) is 6.58. The van der Waals surface area contributed by atoms with Crippen molar-refractivity contribution in [3.05, 3.63) is 158 Å². The van der Waals surface area contributed by atoms with E-state index < -0.39 is 6.10 Å². The van der Waals surface area contributed by atoms with Crippen molar-refractivity contribution in [2.45, 2.75) is 207 Å². The Morgan fingerprint density at radius 2 is 0.536 bits per heavy atom. The van der Waals surface area contributed by atoms with Gasteiger partial charge in [0.05, 0.1) is 0 Å². The Morgan fingerprint density at radius 3 is 0.855 bits per heavy atom. The van der Waals surface area contributed by atoms with Crippen LogP contribution in [0, 0.1) is 0 Å². The Balaban J connectivity index is 4.61. The second-order valence-corrected chi connectivity index (χ2v) is 17.0. The third kappa shape index (κ3) is 53.8. The molecule has 0 radical (unpaired) electrons. The van der Waals surface area contributed by atoms with Gasteiger partial charge >= 0.3 is 17.9 Å². The number of esters is 3. The van der Waals surface area contributed by atoms with E-state index in [0.717, 1.165) is 154 Å². The third-order valence-electron chi connectivity index (χ3n) is 10.5. The van der Waals surface area contributed by atoms with Crippen molar-refractivity contribution in [1.82, 2.24) is 0 Å². The van der Waals surface area contributed by atoms with Gasteiger partial charge in [0, 0.05) is 19.3 Å². The molecule has 0 saturated carbocycles. The summed E-state index contributed by atoms with van der Waals surface area (Å²) in [6.45, 7) is 6.18. The first kappa shape index (κ1) is 64.0. The largest absolute Gasteiger partial charge is 0.462 e. The lowest BCUT2D eigenvalue weighted by atomic mass is 10.1. The molecule has 0 fully saturated rings. The van der Waals surface area contributed by atoms with Gasteiger partial charge in [-0.2, -0.15) is 0 Å². The zero-order valence-electron chi connectivity index (χ0n) is 43.8. The minimum atomic E-state index is -0.833. The molecule has 0 aromatic rings. The summed E-state index contributed by atoms with van der Waals surface area (Å²) in [5, 5.41) is 0. The molecule has 0 aliphatic rings. The van der Waals surface area contributed by atoms with Gasteiger partial charge in [-0.15, -0.1) is 0 Å². The average Bonchev–Trinajstić information content (AvgIpc) is 3.35. The Kier molecular flexibility index (Phi) is 51.6. The zero-order valence-corrected chi connectivity index (χ0v) is 43.8. The first-order chi connectivity index (χ1) is 34.0. The van der Waals surface area contributed by atoms with Crippen LogP contribution in [0.5, 0.6) is 0 Å². The molecule has 69 heavy (non-hydrogen) atoms. The van der Waals surface area contributed by atoms with Gasteiger partial charge in [-0.25, -0.2) is 0 Å². The molecule has 384 valence electrons. The Morgan fingerprint density at radius 1 is 0.290 bits per heavy atom. The van der Waals surface area contributed by atoms with Crippen LogP contribution in [0.3, 0.4) is 0 Å². The number of ether oxygens (including phenoxy) is 3. The van der Waals surface area contributed by atoms with Crippen LogP contribution in [0.2, 0.25) is 0 Å². The summed E-state index contributed by atoms with van der Waals surface area (Å²) >= 11 is 0. The Labute approximate surface area is 422 Å². The summed E-state index contributed by atoms with van der Waals surface area (Å²) in [5.74, 6) is -1.04. The summed E-state index contributed by atoms with van der Waals surface area (Å²) in [4.78, 5) is 38.1. The Hall–Kier alpha value is -4.97. The summed E-state index contributed by atoms with van der Waals surface area (Å²) in [6, 6.07) is 0. The normalized spacial score (nSPS) is 13.4. The highest BCUT2D eigenvalue weighted by molar-refractivity contribution is 5.71. The standard InChI is InChI=1S/C63H96O6/c1-4-7-10-13-16-19-22-25-28-31-34-37-40-43-46-49-52-55-61(64)67-58-60(69-63(66)57-54-51-48-45-42-39-36-33-30-27-24-21-18-15-12-9-6-3)59-68-62(65)56-53-50-47-44-41-38-35-32-29-26-23-20-17-14-11-8-5-2/h7-12,16-21,25-30,34-39,43,46,60H,4-6,13-15,22-24,31-33,40-42,44-45,47-59H2,1-3H3/b10-7-,11-8-,12-9-,19-16-,20-17-,21-18-,28-25-,29-26-,30-27-,37-34-,38-35-,39-36-,46-43-. The number of rotatable bonds is 46. The zero-order chi connectivity index (χ0) is 50.0. The van der Waals surface area contributed by atoms with E-state index in [0.29, 0.717) is 12.8 Å². The topological polar surface area (TPSA) is 78.9 Å². The van der Waals surface area contributed by atoms with Crippen molar-refractivity contribution < 1.29 is 28.6 Å². The molecule has 0 heterocycles. The Bertz CT molecular complexity index is 1610. The average molecular weight is 949 g/mol. The number of carbonyl (C=O) groups is 3. The van der Waals surface area contributed by atoms with Gasteiger partial charge in [0.15, 0.2) is 6.10 Å². The van der Waals surface area contributed by atoms with E-state index in [4.69, 9.17) is 14.2 Å². The molecule has 0 aromatic heterocycles. The molecular formula is C63H96O6. The van der Waals surface area contributed by atoms with E-state index in [-0.39, 0.29) is 44.0 Å². The molecule has 0 amide bonds. The van der Waals surface area contributed by atoms with E-state index in [2.05, 4.69) is 179 Å². The number of hydrogen-bond acceptors (Lipinski definition) is 6. The predicted molar refractivity (Wildman–Crippen MR) is 297 cm³/mol. The van der Waals surface area contributed by atoms with Crippen LogP contribution in [-0.4, -0.2) is 37.2 Å². The van der Waals surface area contributed by atoms with Gasteiger partial charge in [0.1, 0.15) is 13.2 Å². The van der Waals surface area contributed by atoms with E-state index in [9.17, 15) is 14.4 Å². The number of carbonyl (C=O) groups excluding carboxylic acids is 3. The first-order valence-electron chi connectivity index (χ1n) is 27.0. The van der Waals surface area contributed by atoms with E-state index in [1.807, 2.05) is 0 Å². The molecule has 0 N–H and O–H groups in total. The van der Waals surface area contributed by atoms with Gasteiger partial charge in [0.25, 0.3) is 0 Å². The molecule has 0 rings (SSSR count). The maximum absolute atomic E-state index is 12.8. The smallest absolute Gasteiger partial charge is 0.306 e. The van der Waals surface area contributed by atoms with E-state index in [1.165, 1.54) is 0 Å². The molecular weight excluding hydrogens is 853 g/mol. The molecule has 0 aliphatic heterocycles. The maximum atomic E-state index is 12.8. The fourth-order valence-electron chi connectivity index (χ4n) is 6.58. The molecule has 6 heteroatoms. The van der Waals surface area contributed by atoms with Crippen LogP contribution in [0.25, 0.3) is 0 Å². The fraction of sp³-hybridized carbons (Fsp3) is 0.540. The van der Waals surface area contributed by atoms with E-state index in [1.54, 1.807) is 0 Å². The molecule has 0 spiro atoms. The van der Waals surface area contributed by atoms with Gasteiger partial charge in [-0.05, 0) is 135 Å². The summed E-state index contributed by atoms with van der Waals surface area (Å²) in [6.07, 6.45) is 80.9. The molecule has 0 aliphatic carbocycles. The van der Waals surface area contributed by atoms with Crippen LogP contribution in [0.1, 0.15) is 201 Å². The molecule has 1 unspecified atom stereocenters. The highest BCUT2D eigenvalue weighted by Crippen LogP contribution is 2.11. The van der Waals surface area contributed by atoms with Gasteiger partial charge < -0.3 is 14.2 Å². The van der Waals surface area contributed by atoms with Crippen molar-refractivity contribution in [3.8, 4) is 0 Å². The van der Waals surface area contributed by atoms with Crippen LogP contribution < -0.4 is 0 Å². The SMILES string of the molecule is CC/C=C\C/C=C\C/C=C\C/C=C\C/C=C\CCCC(=O)OCC(COC(=O)CCCCCC/C=C\C/C=C\C/C=C\C/C=C\CC)OC(=O)CCCCCC/C=C\C/C=C\C/C=C\C/C=C\CC. The number of unbranched alkanes of at least 4 members (excludes halogenated alkanes) is 9. The monoisotopic (exact) mass is 949 g/mol. The number of hydrogen-bond donors (Lipinski definition) is 0. The van der Waals surface area contributed by atoms with Crippen molar-refractivity contribution >= 4 is 17.9 Å². The third-order valence-corrected chi connectivity index (χ3v) is 10.5. The maximum Gasteiger partial charge on any atom is 0.306 e. The lowest BCUT2D eigenvalue weighted by Crippen LogP contribution is -2.30. The van der Waals surface area contributed by atoms with Crippen molar-refractivity contribution in [2.75, 3.05) is 13.2 Å². The second-order valence-electron chi connectivity index (χ2n) is 17.0. The molecule has 0 bridgehead atoms. The molecule has 0 saturated heterocycles. The van der Waals surface area contributed by atoms with E-state index >= 15 is 0 Å². The van der Waals surface area contributed by atoms with Gasteiger partial charge in [-0.1, -0.05) is 204 Å². The number of allylic oxidation sites excluding steroid dienone is 26. The van der Waals surface area contributed by atoms with Crippen LogP contribution >= 0.6 is 0 Å². The molecule has 6 nitrogen and oxygen atoms in total. The highest BCUT2D eigenvalue weighted by atomic mass is 16.6. The predicted octanol–water partition coefficient (Wildman–Crippen LogP) is 18.2. The van der Waals surface area contributed by atoms with Crippen LogP contribution in [0.4, 0.5) is 0 Å². The molecule has 1 atom stereocenters. The minimum absolute atomic E-state index is 0.126. The first-order valence-corrected chi connectivity index (χ1v) is 27.0. The second kappa shape index (κ2) is 55.6. The highest BCUT2D eigenvalue weighted by Gasteiger charge is 2.19. The van der Waals surface area contributed by atoms with Crippen LogP contribution in [-0.2, 0) is 28.6 Å². The van der Waals surface area contributed by atoms with Crippen LogP contribution in [0.15, 0.2) is 158 Å². The summed E-state index contributed by atoms with van der Waals surface area (Å²) in [7, 11) is 0. The quantitative estimate of drug-likeness (QED) is 0.0262. The van der Waals surface area contributed by atoms with Crippen molar-refractivity contribution in [3.63, 3.8) is 0 Å². The lowest BCUT2D eigenvalue weighted by molar-refractivity contribution is -0.167. The van der Waals surface area contributed by atoms with Gasteiger partial charge in [0.2, 0.25) is 0 Å². The summed E-state index contributed by atoms with van der Waals surface area (Å²) in [5.41, 5.74) is 0. The summed E-state index contributed by atoms with van der Waals surface area (Å²) < 4.78 is 16.7. The van der Waals surface area contributed by atoms with Crippen molar-refractivity contribution in [2.24, 2.45) is 0 Å². The van der Waals surface area contributed by atoms with Crippen molar-refractivity contribution in [1.29, 1.82) is 0 Å². The minimum Gasteiger partial charge on any atom is -0.462 e. The van der Waals surface area contributed by atoms with Gasteiger partial charge in [-0.3, -0.25) is 14.4 Å². The lowest BCUT2D eigenvalue weighted by Gasteiger charge is -2.18.